The van der Waals surface area contributed by atoms with Crippen LogP contribution in [0.3, 0.4) is 0 Å². The lowest BCUT2D eigenvalue weighted by Crippen LogP contribution is -2.26. The van der Waals surface area contributed by atoms with Crippen LogP contribution < -0.4 is 5.32 Å². The van der Waals surface area contributed by atoms with Gasteiger partial charge in [-0.25, -0.2) is 9.97 Å². The summed E-state index contributed by atoms with van der Waals surface area (Å²) in [6.45, 7) is 6.39. The Labute approximate surface area is 157 Å². The molecule has 0 radical (unpaired) electrons. The molecule has 27 heavy (non-hydrogen) atoms. The first kappa shape index (κ1) is 17.3. The highest BCUT2D eigenvalue weighted by Crippen LogP contribution is 2.42. The van der Waals surface area contributed by atoms with E-state index >= 15 is 0 Å². The maximum Gasteiger partial charge on any atom is 0.226 e. The van der Waals surface area contributed by atoms with E-state index in [0.29, 0.717) is 12.2 Å². The molecule has 0 fully saturated rings. The molecule has 7 nitrogen and oxygen atoms in total. The van der Waals surface area contributed by atoms with Crippen LogP contribution in [0.5, 0.6) is 0 Å². The monoisotopic (exact) mass is 362 g/mol. The van der Waals surface area contributed by atoms with Gasteiger partial charge in [0.1, 0.15) is 11.5 Å². The van der Waals surface area contributed by atoms with Gasteiger partial charge in [0.05, 0.1) is 5.69 Å². The van der Waals surface area contributed by atoms with Gasteiger partial charge < -0.3 is 5.32 Å². The van der Waals surface area contributed by atoms with Gasteiger partial charge in [0, 0.05) is 49.0 Å². The average Bonchev–Trinajstić information content (AvgIpc) is 2.99. The SMILES string of the molecule is Cn1nc(C(C)(C)C)c2c1NC(=O)CC2c1cnc(-c2ccccn2)nc1. The number of aryl methyl sites for hydroxylation is 1. The molecule has 1 amide bonds. The average molecular weight is 362 g/mol. The topological polar surface area (TPSA) is 85.6 Å². The van der Waals surface area contributed by atoms with Gasteiger partial charge in [-0.15, -0.1) is 0 Å². The van der Waals surface area contributed by atoms with Crippen LogP contribution >= 0.6 is 0 Å². The predicted octanol–water partition coefficient (Wildman–Crippen LogP) is 3.04. The second-order valence-electron chi connectivity index (χ2n) is 7.84. The van der Waals surface area contributed by atoms with Crippen molar-refractivity contribution in [1.82, 2.24) is 24.7 Å². The Kier molecular flexibility index (Phi) is 4.02. The third-order valence-electron chi connectivity index (χ3n) is 4.76. The zero-order chi connectivity index (χ0) is 19.2. The van der Waals surface area contributed by atoms with Gasteiger partial charge in [-0.05, 0) is 17.7 Å². The summed E-state index contributed by atoms with van der Waals surface area (Å²) in [4.78, 5) is 25.6. The van der Waals surface area contributed by atoms with Crippen LogP contribution in [-0.4, -0.2) is 30.6 Å². The minimum atomic E-state index is -0.138. The molecule has 1 atom stereocenters. The molecule has 3 aromatic heterocycles. The van der Waals surface area contributed by atoms with E-state index in [2.05, 4.69) is 46.1 Å². The minimum Gasteiger partial charge on any atom is -0.311 e. The lowest BCUT2D eigenvalue weighted by atomic mass is 9.80. The van der Waals surface area contributed by atoms with Crippen LogP contribution in [-0.2, 0) is 17.3 Å². The Hall–Kier alpha value is -3.09. The van der Waals surface area contributed by atoms with Gasteiger partial charge in [0.25, 0.3) is 0 Å². The smallest absolute Gasteiger partial charge is 0.226 e. The van der Waals surface area contributed by atoms with E-state index in [0.717, 1.165) is 28.3 Å². The van der Waals surface area contributed by atoms with Crippen molar-refractivity contribution >= 4 is 11.7 Å². The van der Waals surface area contributed by atoms with Crippen LogP contribution in [0.1, 0.15) is 49.9 Å². The number of aromatic nitrogens is 5. The van der Waals surface area contributed by atoms with Crippen molar-refractivity contribution in [3.05, 3.63) is 53.6 Å². The van der Waals surface area contributed by atoms with E-state index in [-0.39, 0.29) is 17.2 Å². The summed E-state index contributed by atoms with van der Waals surface area (Å²) in [7, 11) is 1.86. The number of nitrogens with one attached hydrogen (secondary N) is 1. The van der Waals surface area contributed by atoms with E-state index in [1.165, 1.54) is 0 Å². The first-order valence-electron chi connectivity index (χ1n) is 8.95. The maximum atomic E-state index is 12.3. The summed E-state index contributed by atoms with van der Waals surface area (Å²) in [5.74, 6) is 1.19. The number of amides is 1. The lowest BCUT2D eigenvalue weighted by Gasteiger charge is -2.27. The quantitative estimate of drug-likeness (QED) is 0.757. The highest BCUT2D eigenvalue weighted by Gasteiger charge is 2.36. The molecule has 1 N–H and O–H groups in total. The minimum absolute atomic E-state index is 0.0234. The van der Waals surface area contributed by atoms with Gasteiger partial charge in [-0.2, -0.15) is 5.10 Å². The second kappa shape index (κ2) is 6.26. The number of nitrogens with zero attached hydrogens (tertiary/aromatic N) is 5. The van der Waals surface area contributed by atoms with Crippen LogP contribution in [0.25, 0.3) is 11.5 Å². The number of pyridine rings is 1. The van der Waals surface area contributed by atoms with Gasteiger partial charge in [0.2, 0.25) is 5.91 Å². The number of fused-ring (bicyclic) bond motifs is 1. The molecule has 7 heteroatoms. The van der Waals surface area contributed by atoms with E-state index in [4.69, 9.17) is 0 Å². The van der Waals surface area contributed by atoms with Gasteiger partial charge in [-0.1, -0.05) is 26.8 Å². The van der Waals surface area contributed by atoms with Crippen molar-refractivity contribution in [2.24, 2.45) is 7.05 Å². The number of anilines is 1. The molecule has 0 saturated heterocycles. The maximum absolute atomic E-state index is 12.3. The molecular formula is C20H22N6O. The highest BCUT2D eigenvalue weighted by atomic mass is 16.1. The molecule has 0 saturated carbocycles. The zero-order valence-corrected chi connectivity index (χ0v) is 15.9. The molecule has 3 aromatic rings. The zero-order valence-electron chi connectivity index (χ0n) is 15.9. The van der Waals surface area contributed by atoms with Crippen molar-refractivity contribution in [3.8, 4) is 11.5 Å². The van der Waals surface area contributed by atoms with E-state index in [1.54, 1.807) is 23.3 Å². The molecule has 0 aliphatic carbocycles. The Morgan fingerprint density at radius 1 is 1.15 bits per heavy atom. The summed E-state index contributed by atoms with van der Waals surface area (Å²) < 4.78 is 1.75. The van der Waals surface area contributed by atoms with Crippen LogP contribution in [0.2, 0.25) is 0 Å². The molecule has 138 valence electrons. The van der Waals surface area contributed by atoms with Crippen LogP contribution in [0, 0.1) is 0 Å². The number of carbonyl (C=O) groups excluding carboxylic acids is 1. The fourth-order valence-corrected chi connectivity index (χ4v) is 3.47. The molecule has 0 bridgehead atoms. The third kappa shape index (κ3) is 3.09. The molecule has 0 spiro atoms. The fourth-order valence-electron chi connectivity index (χ4n) is 3.47. The predicted molar refractivity (Wildman–Crippen MR) is 102 cm³/mol. The van der Waals surface area contributed by atoms with Crippen molar-refractivity contribution in [2.45, 2.75) is 38.5 Å². The standard InChI is InChI=1S/C20H22N6O/c1-20(2,3)17-16-13(9-15(27)24-19(16)26(4)25-17)12-10-22-18(23-11-12)14-7-5-6-8-21-14/h5-8,10-11,13H,9H2,1-4H3,(H,24,27). The summed E-state index contributed by atoms with van der Waals surface area (Å²) in [6, 6.07) is 5.64. The summed E-state index contributed by atoms with van der Waals surface area (Å²) in [5.41, 5.74) is 3.53. The van der Waals surface area contributed by atoms with E-state index in [9.17, 15) is 4.79 Å². The molecule has 4 rings (SSSR count). The van der Waals surface area contributed by atoms with E-state index in [1.807, 2.05) is 25.2 Å². The van der Waals surface area contributed by atoms with Crippen molar-refractivity contribution in [2.75, 3.05) is 5.32 Å². The van der Waals surface area contributed by atoms with Gasteiger partial charge in [0.15, 0.2) is 5.82 Å². The third-order valence-corrected chi connectivity index (χ3v) is 4.76. The number of hydrogen-bond donors (Lipinski definition) is 1. The van der Waals surface area contributed by atoms with Crippen LogP contribution in [0.15, 0.2) is 36.8 Å². The highest BCUT2D eigenvalue weighted by molar-refractivity contribution is 5.94. The molecular weight excluding hydrogens is 340 g/mol. The number of carbonyl (C=O) groups is 1. The van der Waals surface area contributed by atoms with Crippen LogP contribution in [0.4, 0.5) is 5.82 Å². The summed E-state index contributed by atoms with van der Waals surface area (Å²) in [6.07, 6.45) is 5.66. The second-order valence-corrected chi connectivity index (χ2v) is 7.84. The largest absolute Gasteiger partial charge is 0.311 e. The molecule has 1 unspecified atom stereocenters. The lowest BCUT2D eigenvalue weighted by molar-refractivity contribution is -0.116. The van der Waals surface area contributed by atoms with Gasteiger partial charge in [-0.3, -0.25) is 14.5 Å². The molecule has 1 aliphatic rings. The summed E-state index contributed by atoms with van der Waals surface area (Å²) >= 11 is 0. The number of rotatable bonds is 2. The normalized spacial score (nSPS) is 16.7. The van der Waals surface area contributed by atoms with E-state index < -0.39 is 0 Å². The van der Waals surface area contributed by atoms with Crippen molar-refractivity contribution in [3.63, 3.8) is 0 Å². The Morgan fingerprint density at radius 2 is 1.89 bits per heavy atom. The molecule has 1 aliphatic heterocycles. The van der Waals surface area contributed by atoms with Crippen molar-refractivity contribution < 1.29 is 4.79 Å². The molecule has 4 heterocycles. The number of hydrogen-bond acceptors (Lipinski definition) is 5. The summed E-state index contributed by atoms with van der Waals surface area (Å²) in [5, 5.41) is 7.66. The van der Waals surface area contributed by atoms with Crippen molar-refractivity contribution in [1.29, 1.82) is 0 Å². The Morgan fingerprint density at radius 3 is 2.52 bits per heavy atom. The fraction of sp³-hybridized carbons (Fsp3) is 0.350. The van der Waals surface area contributed by atoms with Gasteiger partial charge >= 0.3 is 0 Å². The Bertz CT molecular complexity index is 986. The first-order chi connectivity index (χ1) is 12.8. The first-order valence-corrected chi connectivity index (χ1v) is 8.95. The molecule has 0 aromatic carbocycles. The Balaban J connectivity index is 1.78.